The molecular weight excluding hydrogens is 414 g/mol. The van der Waals surface area contributed by atoms with E-state index >= 15 is 0 Å². The summed E-state index contributed by atoms with van der Waals surface area (Å²) < 4.78 is 15.7. The monoisotopic (exact) mass is 439 g/mol. The third-order valence-electron chi connectivity index (χ3n) is 5.54. The molecular formula is C23H25N3O6. The van der Waals surface area contributed by atoms with Gasteiger partial charge in [0.25, 0.3) is 0 Å². The van der Waals surface area contributed by atoms with Gasteiger partial charge in [0.15, 0.2) is 11.5 Å². The zero-order valence-electron chi connectivity index (χ0n) is 17.9. The quantitative estimate of drug-likeness (QED) is 0.679. The van der Waals surface area contributed by atoms with Gasteiger partial charge in [-0.1, -0.05) is 6.07 Å². The van der Waals surface area contributed by atoms with Gasteiger partial charge in [-0.05, 0) is 48.9 Å². The molecule has 3 amide bonds. The molecule has 2 N–H and O–H groups in total. The summed E-state index contributed by atoms with van der Waals surface area (Å²) in [6, 6.07) is 11.8. The van der Waals surface area contributed by atoms with Gasteiger partial charge in [0.1, 0.15) is 11.8 Å². The molecule has 4 rings (SSSR count). The number of benzene rings is 2. The van der Waals surface area contributed by atoms with E-state index in [1.54, 1.807) is 49.3 Å². The lowest BCUT2D eigenvalue weighted by atomic mass is 10.1. The maximum Gasteiger partial charge on any atom is 0.242 e. The summed E-state index contributed by atoms with van der Waals surface area (Å²) >= 11 is 0. The molecule has 2 atom stereocenters. The number of rotatable bonds is 7. The van der Waals surface area contributed by atoms with Crippen LogP contribution in [0.2, 0.25) is 0 Å². The SMILES string of the molecule is COc1ccc(N2C[C@@H](C(=O)N[C@H](C)C(=O)NCc3ccc4c(c3)OCO4)CC2=O)cc1. The van der Waals surface area contributed by atoms with Crippen LogP contribution >= 0.6 is 0 Å². The minimum Gasteiger partial charge on any atom is -0.497 e. The molecule has 1 saturated heterocycles. The lowest BCUT2D eigenvalue weighted by Gasteiger charge is -2.18. The minimum absolute atomic E-state index is 0.101. The van der Waals surface area contributed by atoms with Crippen LogP contribution in [0.15, 0.2) is 42.5 Å². The zero-order chi connectivity index (χ0) is 22.7. The predicted octanol–water partition coefficient (Wildman–Crippen LogP) is 1.60. The minimum atomic E-state index is -0.735. The predicted molar refractivity (Wildman–Crippen MR) is 115 cm³/mol. The largest absolute Gasteiger partial charge is 0.497 e. The number of hydrogen-bond donors (Lipinski definition) is 2. The number of nitrogens with zero attached hydrogens (tertiary/aromatic N) is 1. The van der Waals surface area contributed by atoms with Crippen LogP contribution in [-0.2, 0) is 20.9 Å². The molecule has 9 nitrogen and oxygen atoms in total. The normalized spacial score (nSPS) is 17.8. The molecule has 32 heavy (non-hydrogen) atoms. The molecule has 2 aliphatic heterocycles. The average Bonchev–Trinajstić information content (AvgIpc) is 3.43. The molecule has 0 bridgehead atoms. The maximum absolute atomic E-state index is 12.7. The second-order valence-corrected chi connectivity index (χ2v) is 7.74. The first kappa shape index (κ1) is 21.5. The van der Waals surface area contributed by atoms with Crippen LogP contribution in [0, 0.1) is 5.92 Å². The van der Waals surface area contributed by atoms with E-state index in [2.05, 4.69) is 10.6 Å². The van der Waals surface area contributed by atoms with Crippen LogP contribution in [0.25, 0.3) is 0 Å². The number of anilines is 1. The third kappa shape index (κ3) is 4.61. The summed E-state index contributed by atoms with van der Waals surface area (Å²) in [7, 11) is 1.57. The summed E-state index contributed by atoms with van der Waals surface area (Å²) in [5, 5.41) is 5.52. The highest BCUT2D eigenvalue weighted by Gasteiger charge is 2.36. The summed E-state index contributed by atoms with van der Waals surface area (Å²) in [6.45, 7) is 2.37. The van der Waals surface area contributed by atoms with Crippen LogP contribution in [0.3, 0.4) is 0 Å². The highest BCUT2D eigenvalue weighted by molar-refractivity contribution is 6.01. The molecule has 0 aliphatic carbocycles. The van der Waals surface area contributed by atoms with Crippen LogP contribution in [0.1, 0.15) is 18.9 Å². The van der Waals surface area contributed by atoms with E-state index in [0.29, 0.717) is 29.5 Å². The molecule has 0 unspecified atom stereocenters. The number of nitrogens with one attached hydrogen (secondary N) is 2. The average molecular weight is 439 g/mol. The first-order valence-corrected chi connectivity index (χ1v) is 10.4. The highest BCUT2D eigenvalue weighted by Crippen LogP contribution is 2.32. The van der Waals surface area contributed by atoms with Gasteiger partial charge < -0.3 is 29.7 Å². The Morgan fingerprint density at radius 3 is 2.66 bits per heavy atom. The summed E-state index contributed by atoms with van der Waals surface area (Å²) in [5.41, 5.74) is 1.57. The molecule has 0 spiro atoms. The van der Waals surface area contributed by atoms with Gasteiger partial charge in [-0.2, -0.15) is 0 Å². The fourth-order valence-corrected chi connectivity index (χ4v) is 3.68. The smallest absolute Gasteiger partial charge is 0.242 e. The van der Waals surface area contributed by atoms with Crippen LogP contribution in [0.4, 0.5) is 5.69 Å². The van der Waals surface area contributed by atoms with Crippen molar-refractivity contribution in [3.63, 3.8) is 0 Å². The number of ether oxygens (including phenoxy) is 3. The van der Waals surface area contributed by atoms with Crippen LogP contribution in [-0.4, -0.2) is 44.2 Å². The molecule has 2 aliphatic rings. The maximum atomic E-state index is 12.7. The van der Waals surface area contributed by atoms with Crippen molar-refractivity contribution in [2.75, 3.05) is 25.3 Å². The van der Waals surface area contributed by atoms with Gasteiger partial charge in [-0.15, -0.1) is 0 Å². The van der Waals surface area contributed by atoms with Gasteiger partial charge in [-0.25, -0.2) is 0 Å². The Kier molecular flexibility index (Phi) is 6.16. The summed E-state index contributed by atoms with van der Waals surface area (Å²) in [6.07, 6.45) is 0.101. The Labute approximate surface area is 185 Å². The zero-order valence-corrected chi connectivity index (χ0v) is 17.9. The van der Waals surface area contributed by atoms with Gasteiger partial charge in [0.05, 0.1) is 13.0 Å². The second-order valence-electron chi connectivity index (χ2n) is 7.74. The van der Waals surface area contributed by atoms with E-state index in [1.807, 2.05) is 12.1 Å². The van der Waals surface area contributed by atoms with Crippen molar-refractivity contribution in [3.8, 4) is 17.2 Å². The van der Waals surface area contributed by atoms with Crippen molar-refractivity contribution in [1.29, 1.82) is 0 Å². The Balaban J connectivity index is 1.28. The molecule has 0 aromatic heterocycles. The second kappa shape index (κ2) is 9.17. The van der Waals surface area contributed by atoms with Crippen molar-refractivity contribution in [1.82, 2.24) is 10.6 Å². The lowest BCUT2D eigenvalue weighted by molar-refractivity contribution is -0.131. The van der Waals surface area contributed by atoms with E-state index in [-0.39, 0.29) is 37.5 Å². The fourth-order valence-electron chi connectivity index (χ4n) is 3.68. The first-order chi connectivity index (χ1) is 15.4. The van der Waals surface area contributed by atoms with E-state index in [0.717, 1.165) is 5.56 Å². The summed E-state index contributed by atoms with van der Waals surface area (Å²) in [5.74, 6) is 0.729. The van der Waals surface area contributed by atoms with Crippen LogP contribution in [0.5, 0.6) is 17.2 Å². The molecule has 0 saturated carbocycles. The topological polar surface area (TPSA) is 106 Å². The van der Waals surface area contributed by atoms with Crippen molar-refractivity contribution in [3.05, 3.63) is 48.0 Å². The molecule has 0 radical (unpaired) electrons. The molecule has 2 heterocycles. The lowest BCUT2D eigenvalue weighted by Crippen LogP contribution is -2.46. The number of methoxy groups -OCH3 is 1. The van der Waals surface area contributed by atoms with E-state index in [4.69, 9.17) is 14.2 Å². The van der Waals surface area contributed by atoms with Crippen molar-refractivity contribution >= 4 is 23.4 Å². The Bertz CT molecular complexity index is 1020. The Morgan fingerprint density at radius 2 is 1.91 bits per heavy atom. The van der Waals surface area contributed by atoms with Gasteiger partial charge in [0.2, 0.25) is 24.5 Å². The van der Waals surface area contributed by atoms with Gasteiger partial charge in [-0.3, -0.25) is 14.4 Å². The molecule has 1 fully saturated rings. The Hall–Kier alpha value is -3.75. The van der Waals surface area contributed by atoms with Gasteiger partial charge in [0, 0.05) is 25.2 Å². The van der Waals surface area contributed by atoms with Crippen molar-refractivity contribution < 1.29 is 28.6 Å². The number of carbonyl (C=O) groups excluding carboxylic acids is 3. The number of amides is 3. The van der Waals surface area contributed by atoms with Crippen LogP contribution < -0.4 is 29.7 Å². The molecule has 2 aromatic carbocycles. The van der Waals surface area contributed by atoms with Crippen molar-refractivity contribution in [2.45, 2.75) is 25.9 Å². The molecule has 9 heteroatoms. The first-order valence-electron chi connectivity index (χ1n) is 10.4. The number of carbonyl (C=O) groups is 3. The van der Waals surface area contributed by atoms with E-state index in [1.165, 1.54) is 0 Å². The highest BCUT2D eigenvalue weighted by atomic mass is 16.7. The van der Waals surface area contributed by atoms with E-state index < -0.39 is 12.0 Å². The standard InChI is InChI=1S/C23H25N3O6/c1-14(22(28)24-11-15-3-8-19-20(9-15)32-13-31-19)25-23(29)16-10-21(27)26(12-16)17-4-6-18(30-2)7-5-17/h3-9,14,16H,10-13H2,1-2H3,(H,24,28)(H,25,29)/t14-,16+/m1/s1. The fraction of sp³-hybridized carbons (Fsp3) is 0.348. The van der Waals surface area contributed by atoms with Gasteiger partial charge >= 0.3 is 0 Å². The Morgan fingerprint density at radius 1 is 1.16 bits per heavy atom. The van der Waals surface area contributed by atoms with Crippen molar-refractivity contribution in [2.24, 2.45) is 5.92 Å². The number of hydrogen-bond acceptors (Lipinski definition) is 6. The third-order valence-corrected chi connectivity index (χ3v) is 5.54. The molecule has 2 aromatic rings. The summed E-state index contributed by atoms with van der Waals surface area (Å²) in [4.78, 5) is 39.1. The number of fused-ring (bicyclic) bond motifs is 1. The molecule has 168 valence electrons. The van der Waals surface area contributed by atoms with E-state index in [9.17, 15) is 14.4 Å².